The van der Waals surface area contributed by atoms with Gasteiger partial charge in [-0.05, 0) is 0 Å². The number of rotatable bonds is 0. The van der Waals surface area contributed by atoms with Gasteiger partial charge in [-0.2, -0.15) is 0 Å². The van der Waals surface area contributed by atoms with E-state index in [0.717, 1.165) is 0 Å². The van der Waals surface area contributed by atoms with Crippen molar-refractivity contribution >= 4 is 23.9 Å². The zero-order valence-corrected chi connectivity index (χ0v) is 7.58. The molecule has 0 aliphatic carbocycles. The maximum Gasteiger partial charge on any atom is 4.00 e. The van der Waals surface area contributed by atoms with Gasteiger partial charge in [0.25, 0.3) is 0 Å². The van der Waals surface area contributed by atoms with E-state index in [1.165, 1.54) is 0 Å². The van der Waals surface area contributed by atoms with Crippen molar-refractivity contribution in [2.24, 2.45) is 0 Å². The minimum atomic E-state index is 0. The van der Waals surface area contributed by atoms with Crippen LogP contribution in [-0.4, -0.2) is 23.9 Å². The molecule has 0 aromatic carbocycles. The van der Waals surface area contributed by atoms with Crippen LogP contribution in [0.4, 0.5) is 0 Å². The molecular weight excluding hydrogens is 378 g/mol. The largest absolute Gasteiger partial charge is 4.00 e. The van der Waals surface area contributed by atoms with E-state index >= 15 is 0 Å². The van der Waals surface area contributed by atoms with Gasteiger partial charge in [0.2, 0.25) is 0 Å². The third-order valence-corrected chi connectivity index (χ3v) is 0. The molecule has 0 aliphatic rings. The number of hydrogen-bond acceptors (Lipinski definition) is 0. The van der Waals surface area contributed by atoms with Crippen molar-refractivity contribution in [3.8, 4) is 0 Å². The fraction of sp³-hybridized carbons (Fsp3) is 0. The van der Waals surface area contributed by atoms with Crippen molar-refractivity contribution in [3.63, 3.8) is 0 Å². The quantitative estimate of drug-likeness (QED) is 0.489. The second kappa shape index (κ2) is 102. The standard InChI is InChI=1S/4O.Pt.Sn/q4*-2;2*+4. The first-order valence-corrected chi connectivity index (χ1v) is 0. The van der Waals surface area contributed by atoms with Gasteiger partial charge < -0.3 is 21.9 Å². The summed E-state index contributed by atoms with van der Waals surface area (Å²) in [5.74, 6) is 0. The predicted octanol–water partition coefficient (Wildman–Crippen LogP) is -0.859. The second-order valence-electron chi connectivity index (χ2n) is 0. The van der Waals surface area contributed by atoms with Crippen molar-refractivity contribution in [2.45, 2.75) is 0 Å². The van der Waals surface area contributed by atoms with Crippen molar-refractivity contribution in [1.82, 2.24) is 0 Å². The van der Waals surface area contributed by atoms with Crippen LogP contribution in [0.2, 0.25) is 0 Å². The van der Waals surface area contributed by atoms with Crippen LogP contribution in [0.15, 0.2) is 0 Å². The van der Waals surface area contributed by atoms with Crippen LogP contribution in [-0.2, 0) is 43.0 Å². The molecule has 6 heavy (non-hydrogen) atoms. The first kappa shape index (κ1) is 167. The maximum absolute atomic E-state index is 0. The van der Waals surface area contributed by atoms with Crippen molar-refractivity contribution in [3.05, 3.63) is 0 Å². The molecule has 0 bridgehead atoms. The fourth-order valence-electron chi connectivity index (χ4n) is 0. The summed E-state index contributed by atoms with van der Waals surface area (Å²) >= 11 is 0. The minimum absolute atomic E-state index is 0. The molecule has 0 saturated carbocycles. The third kappa shape index (κ3) is 56.6. The second-order valence-corrected chi connectivity index (χ2v) is 0. The van der Waals surface area contributed by atoms with E-state index in [9.17, 15) is 0 Å². The molecular formula is O4PtSn. The van der Waals surface area contributed by atoms with Gasteiger partial charge in [-0.25, -0.2) is 0 Å². The summed E-state index contributed by atoms with van der Waals surface area (Å²) in [5.41, 5.74) is 0. The first-order chi connectivity index (χ1) is 0. The first-order valence-electron chi connectivity index (χ1n) is 0. The topological polar surface area (TPSA) is 114 Å². The molecule has 6 heteroatoms. The maximum atomic E-state index is 0. The van der Waals surface area contributed by atoms with Gasteiger partial charge in [0.05, 0.1) is 0 Å². The average molecular weight is 378 g/mol. The average Bonchev–Trinajstić information content (AvgIpc) is 0. The molecule has 0 aromatic heterocycles. The van der Waals surface area contributed by atoms with Crippen LogP contribution in [0.5, 0.6) is 0 Å². The Morgan fingerprint density at radius 2 is 0.500 bits per heavy atom. The Bertz CT molecular complexity index is 7.51. The minimum Gasteiger partial charge on any atom is -2.00 e. The van der Waals surface area contributed by atoms with Gasteiger partial charge in [-0.15, -0.1) is 0 Å². The van der Waals surface area contributed by atoms with Gasteiger partial charge in [-0.1, -0.05) is 0 Å². The summed E-state index contributed by atoms with van der Waals surface area (Å²) < 4.78 is 0. The predicted molar refractivity (Wildman–Crippen MR) is 8.50 cm³/mol. The van der Waals surface area contributed by atoms with Crippen LogP contribution in [0.3, 0.4) is 0 Å². The molecule has 0 N–H and O–H groups in total. The Morgan fingerprint density at radius 1 is 0.500 bits per heavy atom. The van der Waals surface area contributed by atoms with E-state index in [1.54, 1.807) is 0 Å². The van der Waals surface area contributed by atoms with Crippen LogP contribution in [0, 0.1) is 0 Å². The normalized spacial score (nSPS) is 0. The molecule has 0 spiro atoms. The fourth-order valence-corrected chi connectivity index (χ4v) is 0. The SMILES string of the molecule is [O-2].[O-2].[O-2].[O-2].[Pt+4].[Sn+4]. The van der Waals surface area contributed by atoms with Gasteiger partial charge in [-0.3, -0.25) is 0 Å². The van der Waals surface area contributed by atoms with E-state index in [2.05, 4.69) is 0 Å². The molecule has 0 amide bonds. The Labute approximate surface area is 66.8 Å². The Hall–Kier alpha value is 1.33. The molecule has 0 saturated heterocycles. The van der Waals surface area contributed by atoms with Gasteiger partial charge in [0, 0.05) is 0 Å². The summed E-state index contributed by atoms with van der Waals surface area (Å²) in [5, 5.41) is 0. The molecule has 0 aromatic rings. The Kier molecular flexibility index (Phi) is 2830. The van der Waals surface area contributed by atoms with Gasteiger partial charge in [0.15, 0.2) is 0 Å². The summed E-state index contributed by atoms with van der Waals surface area (Å²) in [6.07, 6.45) is 0. The van der Waals surface area contributed by atoms with E-state index < -0.39 is 0 Å². The smallest absolute Gasteiger partial charge is 2.00 e. The van der Waals surface area contributed by atoms with Gasteiger partial charge in [0.1, 0.15) is 0 Å². The number of hydrogen-bond donors (Lipinski definition) is 0. The molecule has 38 valence electrons. The summed E-state index contributed by atoms with van der Waals surface area (Å²) in [4.78, 5) is 0. The Balaban J connectivity index is 0. The van der Waals surface area contributed by atoms with Gasteiger partial charge >= 0.3 is 45.0 Å². The summed E-state index contributed by atoms with van der Waals surface area (Å²) in [6.45, 7) is 0. The molecule has 0 rings (SSSR count). The van der Waals surface area contributed by atoms with E-state index in [0.29, 0.717) is 0 Å². The zero-order chi connectivity index (χ0) is 0. The molecule has 0 unspecified atom stereocenters. The molecule has 0 atom stereocenters. The van der Waals surface area contributed by atoms with Crippen LogP contribution in [0.25, 0.3) is 0 Å². The van der Waals surface area contributed by atoms with Crippen molar-refractivity contribution in [1.29, 1.82) is 0 Å². The molecule has 0 heterocycles. The van der Waals surface area contributed by atoms with E-state index in [-0.39, 0.29) is 66.9 Å². The molecule has 0 radical (unpaired) electrons. The Morgan fingerprint density at radius 3 is 0.500 bits per heavy atom. The van der Waals surface area contributed by atoms with Crippen LogP contribution in [0.1, 0.15) is 0 Å². The van der Waals surface area contributed by atoms with Crippen LogP contribution < -0.4 is 0 Å². The summed E-state index contributed by atoms with van der Waals surface area (Å²) in [7, 11) is 0. The molecule has 0 aliphatic heterocycles. The zero-order valence-electron chi connectivity index (χ0n) is 2.45. The molecule has 0 fully saturated rings. The van der Waals surface area contributed by atoms with Crippen LogP contribution >= 0.6 is 0 Å². The monoisotopic (exact) mass is 379 g/mol. The van der Waals surface area contributed by atoms with Crippen molar-refractivity contribution < 1.29 is 43.0 Å². The van der Waals surface area contributed by atoms with E-state index in [1.807, 2.05) is 0 Å². The van der Waals surface area contributed by atoms with Crippen molar-refractivity contribution in [2.75, 3.05) is 0 Å². The van der Waals surface area contributed by atoms with E-state index in [4.69, 9.17) is 0 Å². The third-order valence-electron chi connectivity index (χ3n) is 0. The molecule has 4 nitrogen and oxygen atoms in total. The summed E-state index contributed by atoms with van der Waals surface area (Å²) in [6, 6.07) is 0.